The molecule has 0 unspecified atom stereocenters. The monoisotopic (exact) mass is 287 g/mol. The number of piperidine rings is 1. The standard InChI is InChI=1S/C17H25N3O/c1-13(20-9-3-2-4-10-20)12-19-17(21)15-5-6-16-14(11-15)7-8-18-16/h5-6,11,13,18H,2-4,7-10,12H2,1H3,(H,19,21)/t13-/m0/s1. The summed E-state index contributed by atoms with van der Waals surface area (Å²) in [6.07, 6.45) is 4.94. The maximum atomic E-state index is 12.3. The highest BCUT2D eigenvalue weighted by Crippen LogP contribution is 2.22. The van der Waals surface area contributed by atoms with E-state index in [1.54, 1.807) is 0 Å². The van der Waals surface area contributed by atoms with Crippen LogP contribution in [0.3, 0.4) is 0 Å². The van der Waals surface area contributed by atoms with E-state index in [0.717, 1.165) is 25.1 Å². The zero-order chi connectivity index (χ0) is 14.7. The van der Waals surface area contributed by atoms with Crippen molar-refractivity contribution in [2.45, 2.75) is 38.6 Å². The molecule has 2 N–H and O–H groups in total. The number of carbonyl (C=O) groups is 1. The molecule has 1 saturated heterocycles. The molecular formula is C17H25N3O. The number of benzene rings is 1. The summed E-state index contributed by atoms with van der Waals surface area (Å²) in [5.41, 5.74) is 3.21. The molecule has 21 heavy (non-hydrogen) atoms. The molecule has 1 aromatic carbocycles. The molecule has 1 amide bonds. The maximum Gasteiger partial charge on any atom is 0.251 e. The number of carbonyl (C=O) groups excluding carboxylic acids is 1. The number of anilines is 1. The van der Waals surface area contributed by atoms with Gasteiger partial charge in [0.2, 0.25) is 0 Å². The van der Waals surface area contributed by atoms with Crippen LogP contribution in [0.5, 0.6) is 0 Å². The normalized spacial score (nSPS) is 19.7. The van der Waals surface area contributed by atoms with Gasteiger partial charge in [-0.25, -0.2) is 0 Å². The quantitative estimate of drug-likeness (QED) is 0.893. The summed E-state index contributed by atoms with van der Waals surface area (Å²) in [4.78, 5) is 14.8. The van der Waals surface area contributed by atoms with Crippen molar-refractivity contribution in [3.05, 3.63) is 29.3 Å². The van der Waals surface area contributed by atoms with Crippen molar-refractivity contribution in [3.8, 4) is 0 Å². The Kier molecular flexibility index (Phi) is 4.44. The minimum absolute atomic E-state index is 0.0496. The summed E-state index contributed by atoms with van der Waals surface area (Å²) in [6, 6.07) is 6.38. The van der Waals surface area contributed by atoms with E-state index >= 15 is 0 Å². The zero-order valence-corrected chi connectivity index (χ0v) is 12.8. The molecule has 4 nitrogen and oxygen atoms in total. The molecule has 0 saturated carbocycles. The molecule has 2 aliphatic heterocycles. The number of amides is 1. The molecule has 2 heterocycles. The second-order valence-electron chi connectivity index (χ2n) is 6.20. The smallest absolute Gasteiger partial charge is 0.251 e. The van der Waals surface area contributed by atoms with Gasteiger partial charge in [0.05, 0.1) is 0 Å². The lowest BCUT2D eigenvalue weighted by Crippen LogP contribution is -2.44. The number of nitrogens with zero attached hydrogens (tertiary/aromatic N) is 1. The summed E-state index contributed by atoms with van der Waals surface area (Å²) in [6.45, 7) is 6.25. The molecule has 4 heteroatoms. The first kappa shape index (κ1) is 14.4. The molecule has 3 rings (SSSR count). The zero-order valence-electron chi connectivity index (χ0n) is 12.8. The highest BCUT2D eigenvalue weighted by atomic mass is 16.1. The van der Waals surface area contributed by atoms with E-state index < -0.39 is 0 Å². The topological polar surface area (TPSA) is 44.4 Å². The van der Waals surface area contributed by atoms with E-state index in [1.807, 2.05) is 18.2 Å². The van der Waals surface area contributed by atoms with Crippen molar-refractivity contribution < 1.29 is 4.79 Å². The molecule has 0 aromatic heterocycles. The predicted octanol–water partition coefficient (Wildman–Crippen LogP) is 2.26. The number of fused-ring (bicyclic) bond motifs is 1. The van der Waals surface area contributed by atoms with Crippen LogP contribution in [0.25, 0.3) is 0 Å². The second kappa shape index (κ2) is 6.48. The summed E-state index contributed by atoms with van der Waals surface area (Å²) < 4.78 is 0. The van der Waals surface area contributed by atoms with Gasteiger partial charge in [0.1, 0.15) is 0 Å². The fourth-order valence-electron chi connectivity index (χ4n) is 3.28. The number of hydrogen-bond donors (Lipinski definition) is 2. The van der Waals surface area contributed by atoms with E-state index in [9.17, 15) is 4.79 Å². The van der Waals surface area contributed by atoms with Crippen LogP contribution in [0, 0.1) is 0 Å². The van der Waals surface area contributed by atoms with Crippen molar-refractivity contribution in [1.82, 2.24) is 10.2 Å². The van der Waals surface area contributed by atoms with Gasteiger partial charge in [-0.3, -0.25) is 9.69 Å². The fraction of sp³-hybridized carbons (Fsp3) is 0.588. The third-order valence-corrected chi connectivity index (χ3v) is 4.65. The average molecular weight is 287 g/mol. The van der Waals surface area contributed by atoms with Gasteiger partial charge >= 0.3 is 0 Å². The molecule has 0 aliphatic carbocycles. The maximum absolute atomic E-state index is 12.3. The van der Waals surface area contributed by atoms with E-state index in [4.69, 9.17) is 0 Å². The highest BCUT2D eigenvalue weighted by molar-refractivity contribution is 5.95. The predicted molar refractivity (Wildman–Crippen MR) is 85.9 cm³/mol. The van der Waals surface area contributed by atoms with Gasteiger partial charge in [-0.05, 0) is 63.0 Å². The molecule has 2 aliphatic rings. The van der Waals surface area contributed by atoms with Gasteiger partial charge in [0, 0.05) is 30.4 Å². The largest absolute Gasteiger partial charge is 0.384 e. The summed E-state index contributed by atoms with van der Waals surface area (Å²) in [5.74, 6) is 0.0496. The van der Waals surface area contributed by atoms with E-state index in [1.165, 1.54) is 43.6 Å². The summed E-state index contributed by atoms with van der Waals surface area (Å²) in [5, 5.41) is 6.41. The Labute approximate surface area is 126 Å². The summed E-state index contributed by atoms with van der Waals surface area (Å²) >= 11 is 0. The third kappa shape index (κ3) is 3.38. The number of hydrogen-bond acceptors (Lipinski definition) is 3. The first-order valence-electron chi connectivity index (χ1n) is 8.13. The van der Waals surface area contributed by atoms with Gasteiger partial charge in [-0.2, -0.15) is 0 Å². The molecule has 0 spiro atoms. The molecule has 0 radical (unpaired) electrons. The van der Waals surface area contributed by atoms with Gasteiger partial charge in [0.25, 0.3) is 5.91 Å². The highest BCUT2D eigenvalue weighted by Gasteiger charge is 2.18. The van der Waals surface area contributed by atoms with Gasteiger partial charge in [-0.1, -0.05) is 6.42 Å². The Balaban J connectivity index is 1.54. The van der Waals surface area contributed by atoms with Crippen molar-refractivity contribution in [3.63, 3.8) is 0 Å². The molecule has 1 fully saturated rings. The SMILES string of the molecule is C[C@@H](CNC(=O)c1ccc2c(c1)CCN2)N1CCCCC1. The first-order chi connectivity index (χ1) is 10.2. The van der Waals surface area contributed by atoms with Crippen molar-refractivity contribution in [2.75, 3.05) is 31.5 Å². The lowest BCUT2D eigenvalue weighted by molar-refractivity contribution is 0.0930. The van der Waals surface area contributed by atoms with Crippen molar-refractivity contribution in [2.24, 2.45) is 0 Å². The lowest BCUT2D eigenvalue weighted by atomic mass is 10.1. The second-order valence-corrected chi connectivity index (χ2v) is 6.20. The van der Waals surface area contributed by atoms with Crippen LogP contribution in [0.15, 0.2) is 18.2 Å². The van der Waals surface area contributed by atoms with Crippen LogP contribution in [0.4, 0.5) is 5.69 Å². The number of nitrogens with one attached hydrogen (secondary N) is 2. The van der Waals surface area contributed by atoms with Crippen LogP contribution in [-0.2, 0) is 6.42 Å². The Bertz CT molecular complexity index is 509. The van der Waals surface area contributed by atoms with Gasteiger partial charge in [0.15, 0.2) is 0 Å². The molecule has 1 aromatic rings. The van der Waals surface area contributed by atoms with Crippen molar-refractivity contribution >= 4 is 11.6 Å². The first-order valence-corrected chi connectivity index (χ1v) is 8.13. The summed E-state index contributed by atoms with van der Waals surface area (Å²) in [7, 11) is 0. The minimum atomic E-state index is 0.0496. The van der Waals surface area contributed by atoms with Gasteiger partial charge < -0.3 is 10.6 Å². The number of rotatable bonds is 4. The number of likely N-dealkylation sites (tertiary alicyclic amines) is 1. The molecule has 1 atom stereocenters. The minimum Gasteiger partial charge on any atom is -0.384 e. The van der Waals surface area contributed by atoms with Crippen LogP contribution in [0.1, 0.15) is 42.1 Å². The Morgan fingerprint density at radius 1 is 1.33 bits per heavy atom. The van der Waals surface area contributed by atoms with Crippen LogP contribution < -0.4 is 10.6 Å². The van der Waals surface area contributed by atoms with Crippen LogP contribution in [0.2, 0.25) is 0 Å². The van der Waals surface area contributed by atoms with Crippen LogP contribution >= 0.6 is 0 Å². The third-order valence-electron chi connectivity index (χ3n) is 4.65. The Hall–Kier alpha value is -1.55. The average Bonchev–Trinajstić information content (AvgIpc) is 3.00. The van der Waals surface area contributed by atoms with E-state index in [2.05, 4.69) is 22.5 Å². The molecule has 0 bridgehead atoms. The van der Waals surface area contributed by atoms with Crippen LogP contribution in [-0.4, -0.2) is 43.0 Å². The van der Waals surface area contributed by atoms with E-state index in [0.29, 0.717) is 6.04 Å². The van der Waals surface area contributed by atoms with Gasteiger partial charge in [-0.15, -0.1) is 0 Å². The van der Waals surface area contributed by atoms with Crippen molar-refractivity contribution in [1.29, 1.82) is 0 Å². The fourth-order valence-corrected chi connectivity index (χ4v) is 3.28. The van der Waals surface area contributed by atoms with E-state index in [-0.39, 0.29) is 5.91 Å². The Morgan fingerprint density at radius 3 is 2.95 bits per heavy atom. The Morgan fingerprint density at radius 2 is 2.14 bits per heavy atom. The molecular weight excluding hydrogens is 262 g/mol. The molecule has 114 valence electrons. The lowest BCUT2D eigenvalue weighted by Gasteiger charge is -2.32.